The van der Waals surface area contributed by atoms with E-state index in [2.05, 4.69) is 22.2 Å². The molecule has 1 heterocycles. The molecule has 2 N–H and O–H groups in total. The van der Waals surface area contributed by atoms with Crippen LogP contribution in [0, 0.1) is 0 Å². The van der Waals surface area contributed by atoms with Gasteiger partial charge in [-0.15, -0.1) is 0 Å². The lowest BCUT2D eigenvalue weighted by atomic mass is 10.2. The Kier molecular flexibility index (Phi) is 6.11. The van der Waals surface area contributed by atoms with Gasteiger partial charge in [0.25, 0.3) is 0 Å². The van der Waals surface area contributed by atoms with Gasteiger partial charge >= 0.3 is 0 Å². The molecule has 5 heteroatoms. The van der Waals surface area contributed by atoms with Crippen LogP contribution >= 0.6 is 11.6 Å². The molecule has 90 valence electrons. The zero-order valence-corrected chi connectivity index (χ0v) is 10.3. The number of nitrogens with one attached hydrogen (secondary N) is 1. The molecule has 0 fully saturated rings. The van der Waals surface area contributed by atoms with Crippen molar-refractivity contribution in [1.82, 2.24) is 9.97 Å². The van der Waals surface area contributed by atoms with E-state index < -0.39 is 0 Å². The number of aliphatic hydroxyl groups is 1. The van der Waals surface area contributed by atoms with Crippen LogP contribution in [-0.2, 0) is 6.42 Å². The molecule has 1 aromatic rings. The molecule has 0 spiro atoms. The largest absolute Gasteiger partial charge is 0.396 e. The molecule has 0 atom stereocenters. The van der Waals surface area contributed by atoms with Crippen molar-refractivity contribution in [3.8, 4) is 0 Å². The zero-order chi connectivity index (χ0) is 11.8. The van der Waals surface area contributed by atoms with E-state index in [1.165, 1.54) is 6.33 Å². The fourth-order valence-electron chi connectivity index (χ4n) is 1.46. The fourth-order valence-corrected chi connectivity index (χ4v) is 1.69. The molecule has 0 saturated heterocycles. The van der Waals surface area contributed by atoms with Crippen LogP contribution in [0.25, 0.3) is 0 Å². The Hall–Kier alpha value is -0.870. The number of anilines is 1. The molecule has 0 aliphatic heterocycles. The third-order valence-corrected chi connectivity index (χ3v) is 2.60. The van der Waals surface area contributed by atoms with Crippen molar-refractivity contribution in [1.29, 1.82) is 0 Å². The van der Waals surface area contributed by atoms with Crippen molar-refractivity contribution in [2.75, 3.05) is 18.5 Å². The first kappa shape index (κ1) is 13.2. The number of nitrogens with zero attached hydrogens (tertiary/aromatic N) is 2. The third-order valence-electron chi connectivity index (χ3n) is 2.27. The molecular formula is C11H18ClN3O. The van der Waals surface area contributed by atoms with E-state index >= 15 is 0 Å². The highest BCUT2D eigenvalue weighted by Crippen LogP contribution is 2.21. The molecule has 1 rings (SSSR count). The van der Waals surface area contributed by atoms with Crippen molar-refractivity contribution in [3.63, 3.8) is 0 Å². The maximum absolute atomic E-state index is 8.67. The average molecular weight is 244 g/mol. The second-order valence-corrected chi connectivity index (χ2v) is 3.96. The summed E-state index contributed by atoms with van der Waals surface area (Å²) in [6.07, 6.45) is 5.08. The molecule has 0 unspecified atom stereocenters. The summed E-state index contributed by atoms with van der Waals surface area (Å²) in [5.74, 6) is 0.819. The minimum absolute atomic E-state index is 0.230. The number of hydrogen-bond donors (Lipinski definition) is 2. The monoisotopic (exact) mass is 243 g/mol. The van der Waals surface area contributed by atoms with Gasteiger partial charge in [-0.2, -0.15) is 0 Å². The molecule has 16 heavy (non-hydrogen) atoms. The van der Waals surface area contributed by atoms with Crippen LogP contribution in [0.1, 0.15) is 31.7 Å². The molecule has 4 nitrogen and oxygen atoms in total. The van der Waals surface area contributed by atoms with E-state index in [-0.39, 0.29) is 6.61 Å². The summed E-state index contributed by atoms with van der Waals surface area (Å²) in [5.41, 5.74) is 0.982. The normalized spacial score (nSPS) is 10.4. The SMILES string of the molecule is CCCc1c(Cl)ncnc1NCCCCO. The number of aromatic nitrogens is 2. The summed E-state index contributed by atoms with van der Waals surface area (Å²) in [7, 11) is 0. The van der Waals surface area contributed by atoms with Crippen LogP contribution in [0.5, 0.6) is 0 Å². The van der Waals surface area contributed by atoms with Crippen LogP contribution in [0.4, 0.5) is 5.82 Å². The van der Waals surface area contributed by atoms with Gasteiger partial charge in [0.1, 0.15) is 17.3 Å². The molecule has 0 amide bonds. The van der Waals surface area contributed by atoms with E-state index in [0.29, 0.717) is 5.15 Å². The van der Waals surface area contributed by atoms with Crippen LogP contribution in [-0.4, -0.2) is 28.2 Å². The predicted octanol–water partition coefficient (Wildman–Crippen LogP) is 2.27. The number of halogens is 1. The van der Waals surface area contributed by atoms with Crippen molar-refractivity contribution in [2.45, 2.75) is 32.6 Å². The minimum atomic E-state index is 0.230. The van der Waals surface area contributed by atoms with Crippen molar-refractivity contribution in [3.05, 3.63) is 17.0 Å². The van der Waals surface area contributed by atoms with Gasteiger partial charge in [-0.3, -0.25) is 0 Å². The fraction of sp³-hybridized carbons (Fsp3) is 0.636. The predicted molar refractivity (Wildman–Crippen MR) is 65.8 cm³/mol. The zero-order valence-electron chi connectivity index (χ0n) is 9.54. The Morgan fingerprint density at radius 1 is 1.38 bits per heavy atom. The first-order chi connectivity index (χ1) is 7.79. The Morgan fingerprint density at radius 3 is 2.88 bits per heavy atom. The van der Waals surface area contributed by atoms with E-state index in [4.69, 9.17) is 16.7 Å². The number of hydrogen-bond acceptors (Lipinski definition) is 4. The van der Waals surface area contributed by atoms with Crippen molar-refractivity contribution < 1.29 is 5.11 Å². The van der Waals surface area contributed by atoms with Gasteiger partial charge in [-0.25, -0.2) is 9.97 Å². The van der Waals surface area contributed by atoms with Gasteiger partial charge in [0.2, 0.25) is 0 Å². The Bertz CT molecular complexity index is 320. The van der Waals surface area contributed by atoms with E-state index in [1.54, 1.807) is 0 Å². The van der Waals surface area contributed by atoms with E-state index in [0.717, 1.165) is 43.6 Å². The summed E-state index contributed by atoms with van der Waals surface area (Å²) >= 11 is 6.02. The Labute approximate surface area is 101 Å². The average Bonchev–Trinajstić information content (AvgIpc) is 2.29. The Balaban J connectivity index is 2.59. The molecule has 0 radical (unpaired) electrons. The number of unbranched alkanes of at least 4 members (excludes halogenated alkanes) is 1. The van der Waals surface area contributed by atoms with Crippen molar-refractivity contribution in [2.24, 2.45) is 0 Å². The topological polar surface area (TPSA) is 58.0 Å². The summed E-state index contributed by atoms with van der Waals surface area (Å²) in [6, 6.07) is 0. The smallest absolute Gasteiger partial charge is 0.137 e. The highest BCUT2D eigenvalue weighted by atomic mass is 35.5. The molecule has 0 aromatic carbocycles. The van der Waals surface area contributed by atoms with Gasteiger partial charge in [0, 0.05) is 18.7 Å². The lowest BCUT2D eigenvalue weighted by Crippen LogP contribution is -2.08. The highest BCUT2D eigenvalue weighted by molar-refractivity contribution is 6.30. The molecule has 0 aliphatic carbocycles. The maximum atomic E-state index is 8.67. The summed E-state index contributed by atoms with van der Waals surface area (Å²) < 4.78 is 0. The summed E-state index contributed by atoms with van der Waals surface area (Å²) in [6.45, 7) is 3.12. The first-order valence-electron chi connectivity index (χ1n) is 5.63. The lowest BCUT2D eigenvalue weighted by Gasteiger charge is -2.10. The summed E-state index contributed by atoms with van der Waals surface area (Å²) in [5, 5.41) is 12.4. The van der Waals surface area contributed by atoms with E-state index in [1.807, 2.05) is 0 Å². The highest BCUT2D eigenvalue weighted by Gasteiger charge is 2.07. The number of rotatable bonds is 7. The van der Waals surface area contributed by atoms with Crippen LogP contribution in [0.2, 0.25) is 5.15 Å². The van der Waals surface area contributed by atoms with Crippen LogP contribution in [0.3, 0.4) is 0 Å². The third kappa shape index (κ3) is 3.94. The quantitative estimate of drug-likeness (QED) is 0.570. The first-order valence-corrected chi connectivity index (χ1v) is 6.01. The van der Waals surface area contributed by atoms with Crippen LogP contribution < -0.4 is 5.32 Å². The molecule has 0 saturated carbocycles. The second kappa shape index (κ2) is 7.41. The van der Waals surface area contributed by atoms with Gasteiger partial charge < -0.3 is 10.4 Å². The van der Waals surface area contributed by atoms with Gasteiger partial charge in [-0.05, 0) is 19.3 Å². The Morgan fingerprint density at radius 2 is 2.19 bits per heavy atom. The van der Waals surface area contributed by atoms with E-state index in [9.17, 15) is 0 Å². The molecule has 0 aliphatic rings. The van der Waals surface area contributed by atoms with Gasteiger partial charge in [0.15, 0.2) is 0 Å². The van der Waals surface area contributed by atoms with Gasteiger partial charge in [0.05, 0.1) is 0 Å². The van der Waals surface area contributed by atoms with Crippen LogP contribution in [0.15, 0.2) is 6.33 Å². The van der Waals surface area contributed by atoms with Gasteiger partial charge in [-0.1, -0.05) is 24.9 Å². The summed E-state index contributed by atoms with van der Waals surface area (Å²) in [4.78, 5) is 8.16. The lowest BCUT2D eigenvalue weighted by molar-refractivity contribution is 0.286. The molecule has 1 aromatic heterocycles. The minimum Gasteiger partial charge on any atom is -0.396 e. The molecule has 0 bridgehead atoms. The number of aliphatic hydroxyl groups excluding tert-OH is 1. The standard InChI is InChI=1S/C11H18ClN3O/c1-2-5-9-10(12)14-8-15-11(9)13-6-3-4-7-16/h8,16H,2-7H2,1H3,(H,13,14,15). The molecular weight excluding hydrogens is 226 g/mol. The van der Waals surface area contributed by atoms with Crippen molar-refractivity contribution >= 4 is 17.4 Å². The second-order valence-electron chi connectivity index (χ2n) is 3.60. The maximum Gasteiger partial charge on any atom is 0.137 e.